The van der Waals surface area contributed by atoms with E-state index < -0.39 is 0 Å². The van der Waals surface area contributed by atoms with Crippen molar-refractivity contribution in [2.75, 3.05) is 16.8 Å². The zero-order chi connectivity index (χ0) is 18.5. The summed E-state index contributed by atoms with van der Waals surface area (Å²) in [5, 5.41) is 3.06. The van der Waals surface area contributed by atoms with Crippen molar-refractivity contribution in [1.82, 2.24) is 0 Å². The van der Waals surface area contributed by atoms with Gasteiger partial charge < -0.3 is 10.2 Å². The highest BCUT2D eigenvalue weighted by Crippen LogP contribution is 2.30. The van der Waals surface area contributed by atoms with Gasteiger partial charge in [0.25, 0.3) is 0 Å². The van der Waals surface area contributed by atoms with Crippen LogP contribution in [0.5, 0.6) is 0 Å². The van der Waals surface area contributed by atoms with Gasteiger partial charge in [-0.05, 0) is 36.1 Å². The van der Waals surface area contributed by atoms with E-state index in [4.69, 9.17) is 0 Å². The minimum absolute atomic E-state index is 0.00421. The maximum absolute atomic E-state index is 13.0. The number of nitrogens with one attached hydrogen (secondary N) is 1. The summed E-state index contributed by atoms with van der Waals surface area (Å²) in [6.07, 6.45) is 2.41. The first kappa shape index (κ1) is 18.2. The van der Waals surface area contributed by atoms with Crippen molar-refractivity contribution in [3.8, 4) is 0 Å². The van der Waals surface area contributed by atoms with Crippen molar-refractivity contribution in [3.05, 3.63) is 60.2 Å². The average Bonchev–Trinajstić information content (AvgIpc) is 3.09. The molecule has 0 spiro atoms. The Morgan fingerprint density at radius 2 is 1.92 bits per heavy atom. The third-order valence-corrected chi connectivity index (χ3v) is 5.15. The lowest BCUT2D eigenvalue weighted by atomic mass is 9.85. The van der Waals surface area contributed by atoms with Crippen LogP contribution in [0.3, 0.4) is 0 Å². The fraction of sp³-hybridized carbons (Fsp3) is 0.364. The highest BCUT2D eigenvalue weighted by molar-refractivity contribution is 5.98. The number of carbonyl (C=O) groups is 2. The summed E-state index contributed by atoms with van der Waals surface area (Å²) < 4.78 is 0. The van der Waals surface area contributed by atoms with Crippen LogP contribution in [0, 0.1) is 5.92 Å². The van der Waals surface area contributed by atoms with Gasteiger partial charge in [0, 0.05) is 24.3 Å². The number of rotatable bonds is 6. The molecular formula is C22H26N2O2. The summed E-state index contributed by atoms with van der Waals surface area (Å²) in [5.74, 6) is 0.185. The summed E-state index contributed by atoms with van der Waals surface area (Å²) in [5.41, 5.74) is 2.62. The monoisotopic (exact) mass is 350 g/mol. The molecule has 2 unspecified atom stereocenters. The van der Waals surface area contributed by atoms with Crippen LogP contribution < -0.4 is 10.2 Å². The Labute approximate surface area is 155 Å². The highest BCUT2D eigenvalue weighted by Gasteiger charge is 2.26. The highest BCUT2D eigenvalue weighted by atomic mass is 16.2. The molecule has 0 aliphatic carbocycles. The molecule has 2 amide bonds. The quantitative estimate of drug-likeness (QED) is 0.829. The molecule has 0 radical (unpaired) electrons. The second kappa shape index (κ2) is 8.17. The first-order valence-corrected chi connectivity index (χ1v) is 9.36. The molecule has 2 aromatic rings. The summed E-state index contributed by atoms with van der Waals surface area (Å²) in [6, 6.07) is 17.5. The van der Waals surface area contributed by atoms with Crippen LogP contribution in [-0.2, 0) is 9.59 Å². The van der Waals surface area contributed by atoms with Gasteiger partial charge in [-0.1, -0.05) is 56.7 Å². The van der Waals surface area contributed by atoms with E-state index in [1.165, 1.54) is 0 Å². The standard InChI is InChI=1S/C22H26N2O2/c1-3-16(2)21(17-9-5-4-6-10-17)22(26)23-18-11-7-12-19(15-18)24-14-8-13-20(24)25/h4-7,9-12,15-16,21H,3,8,13-14H2,1-2H3,(H,23,26). The Morgan fingerprint density at radius 1 is 1.15 bits per heavy atom. The Morgan fingerprint density at radius 3 is 2.58 bits per heavy atom. The van der Waals surface area contributed by atoms with Crippen molar-refractivity contribution < 1.29 is 9.59 Å². The molecule has 1 aliphatic rings. The second-order valence-corrected chi connectivity index (χ2v) is 6.96. The van der Waals surface area contributed by atoms with Crippen LogP contribution in [0.25, 0.3) is 0 Å². The largest absolute Gasteiger partial charge is 0.325 e. The first-order chi connectivity index (χ1) is 12.6. The SMILES string of the molecule is CCC(C)C(C(=O)Nc1cccc(N2CCCC2=O)c1)c1ccccc1. The van der Waals surface area contributed by atoms with E-state index >= 15 is 0 Å². The Bertz CT molecular complexity index is 773. The third-order valence-electron chi connectivity index (χ3n) is 5.15. The van der Waals surface area contributed by atoms with Crippen LogP contribution >= 0.6 is 0 Å². The molecule has 4 nitrogen and oxygen atoms in total. The third kappa shape index (κ3) is 3.96. The van der Waals surface area contributed by atoms with E-state index in [-0.39, 0.29) is 23.7 Å². The fourth-order valence-electron chi connectivity index (χ4n) is 3.53. The van der Waals surface area contributed by atoms with Gasteiger partial charge in [-0.3, -0.25) is 9.59 Å². The van der Waals surface area contributed by atoms with Gasteiger partial charge in [-0.25, -0.2) is 0 Å². The average molecular weight is 350 g/mol. The number of amides is 2. The molecule has 1 N–H and O–H groups in total. The molecule has 2 atom stereocenters. The topological polar surface area (TPSA) is 49.4 Å². The minimum atomic E-state index is -0.196. The van der Waals surface area contributed by atoms with Gasteiger partial charge in [0.15, 0.2) is 0 Å². The van der Waals surface area contributed by atoms with E-state index in [9.17, 15) is 9.59 Å². The lowest BCUT2D eigenvalue weighted by Crippen LogP contribution is -2.27. The van der Waals surface area contributed by atoms with Gasteiger partial charge in [0.1, 0.15) is 0 Å². The van der Waals surface area contributed by atoms with Crippen molar-refractivity contribution in [2.45, 2.75) is 39.0 Å². The fourth-order valence-corrected chi connectivity index (χ4v) is 3.53. The predicted octanol–water partition coefficient (Wildman–Crippen LogP) is 4.58. The zero-order valence-corrected chi connectivity index (χ0v) is 15.4. The molecule has 1 saturated heterocycles. The maximum atomic E-state index is 13.0. The molecule has 0 bridgehead atoms. The van der Waals surface area contributed by atoms with Crippen molar-refractivity contribution >= 4 is 23.2 Å². The summed E-state index contributed by atoms with van der Waals surface area (Å²) in [7, 11) is 0. The molecule has 2 aromatic carbocycles. The van der Waals surface area contributed by atoms with Crippen molar-refractivity contribution in [2.24, 2.45) is 5.92 Å². The van der Waals surface area contributed by atoms with Gasteiger partial charge in [0.2, 0.25) is 11.8 Å². The molecule has 1 heterocycles. The maximum Gasteiger partial charge on any atom is 0.232 e. The molecule has 1 fully saturated rings. The Kier molecular flexibility index (Phi) is 5.71. The molecule has 26 heavy (non-hydrogen) atoms. The van der Waals surface area contributed by atoms with E-state index in [2.05, 4.69) is 19.2 Å². The number of benzene rings is 2. The van der Waals surface area contributed by atoms with Gasteiger partial charge in [-0.15, -0.1) is 0 Å². The minimum Gasteiger partial charge on any atom is -0.325 e. The van der Waals surface area contributed by atoms with E-state index in [0.29, 0.717) is 6.42 Å². The van der Waals surface area contributed by atoms with Crippen LogP contribution in [0.1, 0.15) is 44.6 Å². The second-order valence-electron chi connectivity index (χ2n) is 6.96. The van der Waals surface area contributed by atoms with Crippen LogP contribution in [-0.4, -0.2) is 18.4 Å². The predicted molar refractivity (Wildman–Crippen MR) is 105 cm³/mol. The number of hydrogen-bond donors (Lipinski definition) is 1. The molecule has 0 aromatic heterocycles. The molecular weight excluding hydrogens is 324 g/mol. The van der Waals surface area contributed by atoms with Crippen molar-refractivity contribution in [1.29, 1.82) is 0 Å². The number of carbonyl (C=O) groups excluding carboxylic acids is 2. The van der Waals surface area contributed by atoms with Gasteiger partial charge in [0.05, 0.1) is 5.92 Å². The lowest BCUT2D eigenvalue weighted by Gasteiger charge is -2.23. The lowest BCUT2D eigenvalue weighted by molar-refractivity contribution is -0.119. The first-order valence-electron chi connectivity index (χ1n) is 9.36. The van der Waals surface area contributed by atoms with E-state index in [1.54, 1.807) is 4.90 Å². The zero-order valence-electron chi connectivity index (χ0n) is 15.4. The molecule has 3 rings (SSSR count). The number of hydrogen-bond acceptors (Lipinski definition) is 2. The van der Waals surface area contributed by atoms with Gasteiger partial charge in [-0.2, -0.15) is 0 Å². The number of anilines is 2. The summed E-state index contributed by atoms with van der Waals surface area (Å²) in [6.45, 7) is 4.96. The number of nitrogens with zero attached hydrogens (tertiary/aromatic N) is 1. The van der Waals surface area contributed by atoms with Crippen molar-refractivity contribution in [3.63, 3.8) is 0 Å². The normalized spacial score (nSPS) is 16.4. The van der Waals surface area contributed by atoms with E-state index in [1.807, 2.05) is 54.6 Å². The van der Waals surface area contributed by atoms with Gasteiger partial charge >= 0.3 is 0 Å². The van der Waals surface area contributed by atoms with E-state index in [0.717, 1.165) is 36.3 Å². The summed E-state index contributed by atoms with van der Waals surface area (Å²) in [4.78, 5) is 26.8. The molecule has 0 saturated carbocycles. The Hall–Kier alpha value is -2.62. The Balaban J connectivity index is 1.80. The van der Waals surface area contributed by atoms with Crippen LogP contribution in [0.15, 0.2) is 54.6 Å². The smallest absolute Gasteiger partial charge is 0.232 e. The van der Waals surface area contributed by atoms with Crippen LogP contribution in [0.2, 0.25) is 0 Å². The summed E-state index contributed by atoms with van der Waals surface area (Å²) >= 11 is 0. The van der Waals surface area contributed by atoms with Crippen LogP contribution in [0.4, 0.5) is 11.4 Å². The molecule has 4 heteroatoms. The molecule has 136 valence electrons. The molecule has 1 aliphatic heterocycles.